The summed E-state index contributed by atoms with van der Waals surface area (Å²) < 4.78 is 32.5. The van der Waals surface area contributed by atoms with Gasteiger partial charge in [-0.2, -0.15) is 4.72 Å². The average molecular weight is 347 g/mol. The van der Waals surface area contributed by atoms with E-state index in [2.05, 4.69) is 10.1 Å². The first-order valence-corrected chi connectivity index (χ1v) is 9.58. The molecule has 9 heteroatoms. The summed E-state index contributed by atoms with van der Waals surface area (Å²) in [7, 11) is -3.66. The van der Waals surface area contributed by atoms with Crippen LogP contribution in [-0.4, -0.2) is 51.7 Å². The molecule has 1 aromatic rings. The minimum Gasteiger partial charge on any atom is -0.379 e. The third kappa shape index (κ3) is 4.75. The second-order valence-electron chi connectivity index (χ2n) is 4.97. The maximum Gasteiger partial charge on any atom is 0.252 e. The Labute approximate surface area is 134 Å². The summed E-state index contributed by atoms with van der Waals surface area (Å²) in [4.78, 5) is 12.3. The van der Waals surface area contributed by atoms with Crippen LogP contribution in [0.25, 0.3) is 0 Å². The van der Waals surface area contributed by atoms with E-state index in [9.17, 15) is 13.2 Å². The molecule has 1 fully saturated rings. The van der Waals surface area contributed by atoms with Crippen molar-refractivity contribution in [3.05, 3.63) is 17.5 Å². The van der Waals surface area contributed by atoms with Crippen LogP contribution in [0.4, 0.5) is 0 Å². The van der Waals surface area contributed by atoms with E-state index in [-0.39, 0.29) is 10.1 Å². The van der Waals surface area contributed by atoms with Crippen molar-refractivity contribution >= 4 is 27.3 Å². The van der Waals surface area contributed by atoms with Crippen LogP contribution >= 0.6 is 11.3 Å². The number of amides is 1. The van der Waals surface area contributed by atoms with Crippen LogP contribution in [0.5, 0.6) is 0 Å². The quantitative estimate of drug-likeness (QED) is 0.752. The number of rotatable bonds is 7. The fraction of sp³-hybridized carbons (Fsp3) is 0.615. The summed E-state index contributed by atoms with van der Waals surface area (Å²) in [5, 5.41) is 3.45. The van der Waals surface area contributed by atoms with E-state index in [1.165, 1.54) is 6.07 Å². The van der Waals surface area contributed by atoms with Gasteiger partial charge in [-0.15, -0.1) is 11.3 Å². The molecule has 2 heterocycles. The molecule has 0 aromatic carbocycles. The summed E-state index contributed by atoms with van der Waals surface area (Å²) >= 11 is 1.13. The third-order valence-electron chi connectivity index (χ3n) is 3.23. The second kappa shape index (κ2) is 8.02. The van der Waals surface area contributed by atoms with Crippen molar-refractivity contribution in [2.24, 2.45) is 0 Å². The van der Waals surface area contributed by atoms with E-state index >= 15 is 0 Å². The van der Waals surface area contributed by atoms with Gasteiger partial charge in [0.25, 0.3) is 15.9 Å². The zero-order valence-electron chi connectivity index (χ0n) is 12.4. The predicted octanol–water partition coefficient (Wildman–Crippen LogP) is 0.558. The van der Waals surface area contributed by atoms with Crippen molar-refractivity contribution < 1.29 is 17.9 Å². The maximum absolute atomic E-state index is 12.3. The van der Waals surface area contributed by atoms with E-state index in [1.807, 2.05) is 6.92 Å². The monoisotopic (exact) mass is 347 g/mol. The van der Waals surface area contributed by atoms with E-state index in [0.717, 1.165) is 11.3 Å². The van der Waals surface area contributed by atoms with Gasteiger partial charge in [-0.1, -0.05) is 19.4 Å². The minimum atomic E-state index is -3.66. The SMILES string of the molecule is CCCC(NS(=O)(=O)c1cccs1)C(=O)NN1CCOCC1. The first-order chi connectivity index (χ1) is 10.5. The molecule has 7 nitrogen and oxygen atoms in total. The molecular weight excluding hydrogens is 326 g/mol. The Morgan fingerprint density at radius 1 is 1.45 bits per heavy atom. The molecule has 2 rings (SSSR count). The Kier molecular flexibility index (Phi) is 6.33. The minimum absolute atomic E-state index is 0.216. The maximum atomic E-state index is 12.3. The number of sulfonamides is 1. The van der Waals surface area contributed by atoms with E-state index in [0.29, 0.717) is 39.1 Å². The zero-order valence-corrected chi connectivity index (χ0v) is 14.1. The normalized spacial score (nSPS) is 18.0. The van der Waals surface area contributed by atoms with Gasteiger partial charge >= 0.3 is 0 Å². The van der Waals surface area contributed by atoms with Crippen LogP contribution in [-0.2, 0) is 19.6 Å². The Balaban J connectivity index is 2.00. The lowest BCUT2D eigenvalue weighted by Gasteiger charge is -2.29. The van der Waals surface area contributed by atoms with Gasteiger partial charge in [-0.25, -0.2) is 13.4 Å². The number of carbonyl (C=O) groups excluding carboxylic acids is 1. The van der Waals surface area contributed by atoms with Crippen LogP contribution in [0.2, 0.25) is 0 Å². The summed E-state index contributed by atoms with van der Waals surface area (Å²) in [6.45, 7) is 4.22. The van der Waals surface area contributed by atoms with Gasteiger partial charge in [-0.05, 0) is 17.9 Å². The van der Waals surface area contributed by atoms with E-state index < -0.39 is 16.1 Å². The molecular formula is C13H21N3O4S2. The highest BCUT2D eigenvalue weighted by atomic mass is 32.2. The fourth-order valence-corrected chi connectivity index (χ4v) is 4.34. The van der Waals surface area contributed by atoms with Crippen molar-refractivity contribution in [3.63, 3.8) is 0 Å². The van der Waals surface area contributed by atoms with Crippen molar-refractivity contribution in [2.45, 2.75) is 30.0 Å². The number of nitrogens with one attached hydrogen (secondary N) is 2. The van der Waals surface area contributed by atoms with E-state index in [4.69, 9.17) is 4.74 Å². The van der Waals surface area contributed by atoms with Crippen molar-refractivity contribution in [1.29, 1.82) is 0 Å². The molecule has 0 aliphatic carbocycles. The van der Waals surface area contributed by atoms with Gasteiger partial charge in [0.1, 0.15) is 10.3 Å². The van der Waals surface area contributed by atoms with Crippen LogP contribution in [0, 0.1) is 0 Å². The fourth-order valence-electron chi connectivity index (χ4n) is 2.10. The van der Waals surface area contributed by atoms with Crippen LogP contribution in [0.3, 0.4) is 0 Å². The Morgan fingerprint density at radius 3 is 2.77 bits per heavy atom. The molecule has 1 saturated heterocycles. The highest BCUT2D eigenvalue weighted by Gasteiger charge is 2.27. The van der Waals surface area contributed by atoms with Crippen LogP contribution < -0.4 is 10.1 Å². The Bertz CT molecular complexity index is 568. The van der Waals surface area contributed by atoms with Gasteiger partial charge in [0.05, 0.1) is 13.2 Å². The number of hydrogen-bond acceptors (Lipinski definition) is 6. The van der Waals surface area contributed by atoms with Crippen LogP contribution in [0.15, 0.2) is 21.7 Å². The molecule has 0 bridgehead atoms. The number of hydrogen-bond donors (Lipinski definition) is 2. The molecule has 22 heavy (non-hydrogen) atoms. The first-order valence-electron chi connectivity index (χ1n) is 7.22. The number of morpholine rings is 1. The first kappa shape index (κ1) is 17.4. The molecule has 0 radical (unpaired) electrons. The van der Waals surface area contributed by atoms with Gasteiger partial charge < -0.3 is 4.74 Å². The number of nitrogens with zero attached hydrogens (tertiary/aromatic N) is 1. The molecule has 2 N–H and O–H groups in total. The number of thiophene rings is 1. The second-order valence-corrected chi connectivity index (χ2v) is 7.86. The van der Waals surface area contributed by atoms with Crippen molar-refractivity contribution in [3.8, 4) is 0 Å². The molecule has 1 atom stereocenters. The molecule has 1 aliphatic heterocycles. The lowest BCUT2D eigenvalue weighted by molar-refractivity contribution is -0.129. The average Bonchev–Trinajstić information content (AvgIpc) is 3.03. The summed E-state index contributed by atoms with van der Waals surface area (Å²) in [5.41, 5.74) is 2.76. The molecule has 0 saturated carbocycles. The molecule has 1 aliphatic rings. The number of ether oxygens (including phenoxy) is 1. The third-order valence-corrected chi connectivity index (χ3v) is 6.10. The van der Waals surface area contributed by atoms with Crippen molar-refractivity contribution in [2.75, 3.05) is 26.3 Å². The number of hydrazine groups is 1. The highest BCUT2D eigenvalue weighted by Crippen LogP contribution is 2.16. The van der Waals surface area contributed by atoms with Gasteiger partial charge in [0.2, 0.25) is 0 Å². The Morgan fingerprint density at radius 2 is 2.18 bits per heavy atom. The summed E-state index contributed by atoms with van der Waals surface area (Å²) in [5.74, 6) is -0.330. The van der Waals surface area contributed by atoms with Gasteiger partial charge in [0.15, 0.2) is 0 Å². The topological polar surface area (TPSA) is 87.7 Å². The zero-order chi connectivity index (χ0) is 16.0. The largest absolute Gasteiger partial charge is 0.379 e. The smallest absolute Gasteiger partial charge is 0.252 e. The van der Waals surface area contributed by atoms with Gasteiger partial charge in [-0.3, -0.25) is 10.2 Å². The highest BCUT2D eigenvalue weighted by molar-refractivity contribution is 7.91. The number of carbonyl (C=O) groups is 1. The summed E-state index contributed by atoms with van der Waals surface area (Å²) in [6.07, 6.45) is 1.15. The Hall–Kier alpha value is -1.00. The lowest BCUT2D eigenvalue weighted by Crippen LogP contribution is -2.54. The molecule has 0 spiro atoms. The predicted molar refractivity (Wildman–Crippen MR) is 83.9 cm³/mol. The molecule has 1 aromatic heterocycles. The lowest BCUT2D eigenvalue weighted by atomic mass is 10.2. The van der Waals surface area contributed by atoms with Crippen LogP contribution in [0.1, 0.15) is 19.8 Å². The summed E-state index contributed by atoms with van der Waals surface area (Å²) in [6, 6.07) is 2.41. The standard InChI is InChI=1S/C13H21N3O4S2/c1-2-4-11(13(17)14-16-6-8-20-9-7-16)15-22(18,19)12-5-3-10-21-12/h3,5,10-11,15H,2,4,6-9H2,1H3,(H,14,17). The van der Waals surface area contributed by atoms with E-state index in [1.54, 1.807) is 16.5 Å². The molecule has 124 valence electrons. The molecule has 1 amide bonds. The van der Waals surface area contributed by atoms with Gasteiger partial charge in [0, 0.05) is 13.1 Å². The van der Waals surface area contributed by atoms with Crippen molar-refractivity contribution in [1.82, 2.24) is 15.2 Å². The molecule has 1 unspecified atom stereocenters.